The number of imide groups is 1. The molecular formula is C13H14N2O4S. The van der Waals surface area contributed by atoms with Gasteiger partial charge in [-0.1, -0.05) is 12.2 Å². The predicted molar refractivity (Wildman–Crippen MR) is 75.3 cm³/mol. The molecule has 2 amide bonds. The van der Waals surface area contributed by atoms with E-state index in [2.05, 4.69) is 0 Å². The number of hydrogen-bond donors (Lipinski definition) is 1. The molecule has 0 spiro atoms. The summed E-state index contributed by atoms with van der Waals surface area (Å²) in [6.45, 7) is -0.0766. The number of amides is 2. The molecule has 1 aromatic carbocycles. The fourth-order valence-corrected chi connectivity index (χ4v) is 2.05. The molecule has 1 aliphatic heterocycles. The average molecular weight is 294 g/mol. The van der Waals surface area contributed by atoms with Gasteiger partial charge in [-0.2, -0.15) is 0 Å². The first-order valence-electron chi connectivity index (χ1n) is 5.90. The van der Waals surface area contributed by atoms with E-state index in [1.54, 1.807) is 18.2 Å². The Kier molecular flexibility index (Phi) is 4.31. The Hall–Kier alpha value is -1.99. The van der Waals surface area contributed by atoms with Crippen LogP contribution in [0.3, 0.4) is 0 Å². The Morgan fingerprint density at radius 1 is 1.40 bits per heavy atom. The Bertz CT molecular complexity index is 557. The summed E-state index contributed by atoms with van der Waals surface area (Å²) in [4.78, 5) is 24.8. The summed E-state index contributed by atoms with van der Waals surface area (Å²) in [6, 6.07) is 5.16. The smallest absolute Gasteiger partial charge is 0.255 e. The number of ether oxygens (including phenoxy) is 2. The normalized spacial score (nSPS) is 15.3. The number of morpholine rings is 1. The first kappa shape index (κ1) is 14.4. The van der Waals surface area contributed by atoms with Crippen molar-refractivity contribution >= 4 is 29.0 Å². The highest BCUT2D eigenvalue weighted by atomic mass is 32.1. The third-order valence-electron chi connectivity index (χ3n) is 2.95. The van der Waals surface area contributed by atoms with Crippen molar-refractivity contribution in [3.05, 3.63) is 29.3 Å². The zero-order chi connectivity index (χ0) is 14.7. The number of carbonyl (C=O) groups excluding carboxylic acids is 2. The van der Waals surface area contributed by atoms with Gasteiger partial charge in [0, 0.05) is 11.1 Å². The third-order valence-corrected chi connectivity index (χ3v) is 3.18. The molecule has 1 fully saturated rings. The van der Waals surface area contributed by atoms with E-state index in [1.165, 1.54) is 7.11 Å². The fourth-order valence-electron chi connectivity index (χ4n) is 1.92. The molecule has 106 valence electrons. The van der Waals surface area contributed by atoms with Crippen LogP contribution in [0.15, 0.2) is 18.2 Å². The van der Waals surface area contributed by atoms with Gasteiger partial charge in [-0.15, -0.1) is 0 Å². The van der Waals surface area contributed by atoms with Gasteiger partial charge in [0.25, 0.3) is 11.8 Å². The number of nitrogens with zero attached hydrogens (tertiary/aromatic N) is 1. The average Bonchev–Trinajstić information content (AvgIpc) is 2.42. The third kappa shape index (κ3) is 2.94. The second kappa shape index (κ2) is 5.98. The maximum atomic E-state index is 11.7. The molecule has 1 aromatic rings. The first-order chi connectivity index (χ1) is 9.52. The van der Waals surface area contributed by atoms with Gasteiger partial charge in [-0.25, -0.2) is 0 Å². The Balaban J connectivity index is 2.31. The van der Waals surface area contributed by atoms with Crippen LogP contribution < -0.4 is 10.5 Å². The van der Waals surface area contributed by atoms with Crippen LogP contribution in [0.5, 0.6) is 5.75 Å². The molecule has 2 rings (SSSR count). The number of thiocarbonyl (C=S) groups is 1. The van der Waals surface area contributed by atoms with E-state index in [-0.39, 0.29) is 36.6 Å². The highest BCUT2D eigenvalue weighted by Crippen LogP contribution is 2.22. The van der Waals surface area contributed by atoms with E-state index in [0.717, 1.165) is 4.90 Å². The van der Waals surface area contributed by atoms with E-state index >= 15 is 0 Å². The zero-order valence-corrected chi connectivity index (χ0v) is 11.7. The number of benzene rings is 1. The van der Waals surface area contributed by atoms with Crippen molar-refractivity contribution in [1.29, 1.82) is 0 Å². The van der Waals surface area contributed by atoms with E-state index in [4.69, 9.17) is 27.4 Å². The van der Waals surface area contributed by atoms with Gasteiger partial charge in [0.15, 0.2) is 0 Å². The summed E-state index contributed by atoms with van der Waals surface area (Å²) in [5.41, 5.74) is 6.91. The summed E-state index contributed by atoms with van der Waals surface area (Å²) in [6.07, 6.45) is 0. The lowest BCUT2D eigenvalue weighted by Gasteiger charge is -2.25. The van der Waals surface area contributed by atoms with Gasteiger partial charge < -0.3 is 15.2 Å². The molecule has 7 heteroatoms. The van der Waals surface area contributed by atoms with Crippen molar-refractivity contribution in [2.45, 2.75) is 6.54 Å². The van der Waals surface area contributed by atoms with Crippen LogP contribution in [-0.2, 0) is 20.9 Å². The fraction of sp³-hybridized carbons (Fsp3) is 0.308. The second-order valence-electron chi connectivity index (χ2n) is 4.26. The summed E-state index contributed by atoms with van der Waals surface area (Å²) >= 11 is 4.92. The lowest BCUT2D eigenvalue weighted by molar-refractivity contribution is -0.159. The van der Waals surface area contributed by atoms with Gasteiger partial charge in [0.05, 0.1) is 13.7 Å². The molecule has 1 saturated heterocycles. The predicted octanol–water partition coefficient (Wildman–Crippen LogP) is 0.215. The van der Waals surface area contributed by atoms with Gasteiger partial charge in [0.2, 0.25) is 0 Å². The van der Waals surface area contributed by atoms with E-state index in [0.29, 0.717) is 16.9 Å². The van der Waals surface area contributed by atoms with Crippen LogP contribution in [0, 0.1) is 0 Å². The number of hydrogen-bond acceptors (Lipinski definition) is 5. The van der Waals surface area contributed by atoms with Gasteiger partial charge in [0.1, 0.15) is 24.0 Å². The second-order valence-corrected chi connectivity index (χ2v) is 4.70. The summed E-state index contributed by atoms with van der Waals surface area (Å²) in [5, 5.41) is 0. The van der Waals surface area contributed by atoms with Crippen LogP contribution in [0.1, 0.15) is 11.1 Å². The topological polar surface area (TPSA) is 81.9 Å². The highest BCUT2D eigenvalue weighted by Gasteiger charge is 2.27. The van der Waals surface area contributed by atoms with Crippen LogP contribution in [-0.4, -0.2) is 42.0 Å². The maximum Gasteiger partial charge on any atom is 0.255 e. The van der Waals surface area contributed by atoms with Crippen molar-refractivity contribution in [1.82, 2.24) is 4.90 Å². The number of methoxy groups -OCH3 is 1. The van der Waals surface area contributed by atoms with Gasteiger partial charge in [-0.3, -0.25) is 14.5 Å². The molecule has 20 heavy (non-hydrogen) atoms. The number of rotatable bonds is 4. The lowest BCUT2D eigenvalue weighted by atomic mass is 10.1. The molecule has 0 bridgehead atoms. The van der Waals surface area contributed by atoms with Crippen molar-refractivity contribution in [3.8, 4) is 5.75 Å². The zero-order valence-electron chi connectivity index (χ0n) is 10.9. The van der Waals surface area contributed by atoms with Crippen molar-refractivity contribution in [2.24, 2.45) is 5.73 Å². The minimum absolute atomic E-state index is 0.0942. The Labute approximate surface area is 121 Å². The summed E-state index contributed by atoms with van der Waals surface area (Å²) in [7, 11) is 1.52. The quantitative estimate of drug-likeness (QED) is 0.632. The van der Waals surface area contributed by atoms with Crippen LogP contribution in [0.4, 0.5) is 0 Å². The molecule has 2 N–H and O–H groups in total. The highest BCUT2D eigenvalue weighted by molar-refractivity contribution is 7.80. The first-order valence-corrected chi connectivity index (χ1v) is 6.31. The molecular weight excluding hydrogens is 280 g/mol. The molecule has 0 radical (unpaired) electrons. The number of carbonyl (C=O) groups is 2. The minimum atomic E-state index is -0.371. The molecule has 0 aliphatic carbocycles. The van der Waals surface area contributed by atoms with Crippen molar-refractivity contribution < 1.29 is 19.1 Å². The van der Waals surface area contributed by atoms with Gasteiger partial charge >= 0.3 is 0 Å². The minimum Gasteiger partial charge on any atom is -0.496 e. The molecule has 1 aliphatic rings. The number of nitrogens with two attached hydrogens (primary N) is 1. The van der Waals surface area contributed by atoms with Crippen LogP contribution >= 0.6 is 12.2 Å². The summed E-state index contributed by atoms with van der Waals surface area (Å²) < 4.78 is 10.1. The monoisotopic (exact) mass is 294 g/mol. The summed E-state index contributed by atoms with van der Waals surface area (Å²) in [5.74, 6) is -0.176. The SMILES string of the molecule is COc1ccc(C(N)=S)cc1CN1C(=O)COCC1=O. The maximum absolute atomic E-state index is 11.7. The molecule has 6 nitrogen and oxygen atoms in total. The molecule has 1 heterocycles. The van der Waals surface area contributed by atoms with Crippen molar-refractivity contribution in [2.75, 3.05) is 20.3 Å². The molecule has 0 unspecified atom stereocenters. The molecule has 0 atom stereocenters. The van der Waals surface area contributed by atoms with Gasteiger partial charge in [-0.05, 0) is 18.2 Å². The Morgan fingerprint density at radius 2 is 2.05 bits per heavy atom. The Morgan fingerprint density at radius 3 is 2.60 bits per heavy atom. The largest absolute Gasteiger partial charge is 0.496 e. The van der Waals surface area contributed by atoms with Crippen LogP contribution in [0.25, 0.3) is 0 Å². The van der Waals surface area contributed by atoms with E-state index in [9.17, 15) is 9.59 Å². The molecule has 0 aromatic heterocycles. The van der Waals surface area contributed by atoms with Crippen molar-refractivity contribution in [3.63, 3.8) is 0 Å². The lowest BCUT2D eigenvalue weighted by Crippen LogP contribution is -2.45. The van der Waals surface area contributed by atoms with E-state index in [1.807, 2.05) is 0 Å². The van der Waals surface area contributed by atoms with Crippen LogP contribution in [0.2, 0.25) is 0 Å². The van der Waals surface area contributed by atoms with E-state index < -0.39 is 0 Å². The standard InChI is InChI=1S/C13H14N2O4S/c1-18-10-3-2-8(13(14)20)4-9(10)5-15-11(16)6-19-7-12(15)17/h2-4H,5-7H2,1H3,(H2,14,20). The molecule has 0 saturated carbocycles.